The highest BCUT2D eigenvalue weighted by molar-refractivity contribution is 5.94. The summed E-state index contributed by atoms with van der Waals surface area (Å²) in [6.07, 6.45) is 0. The third-order valence-corrected chi connectivity index (χ3v) is 3.01. The molecule has 2 N–H and O–H groups in total. The fraction of sp³-hybridized carbons (Fsp3) is 0.235. The van der Waals surface area contributed by atoms with Gasteiger partial charge in [0.2, 0.25) is 0 Å². The van der Waals surface area contributed by atoms with Crippen LogP contribution in [0.15, 0.2) is 34.7 Å². The lowest BCUT2D eigenvalue weighted by Gasteiger charge is -2.05. The lowest BCUT2D eigenvalue weighted by molar-refractivity contribution is 0.0948. The molecule has 1 amide bonds. The van der Waals surface area contributed by atoms with Gasteiger partial charge < -0.3 is 14.8 Å². The van der Waals surface area contributed by atoms with Crippen molar-refractivity contribution in [2.75, 3.05) is 6.61 Å². The van der Waals surface area contributed by atoms with Gasteiger partial charge in [-0.3, -0.25) is 4.79 Å². The number of amides is 1. The number of rotatable bonds is 3. The molecule has 4 heteroatoms. The zero-order valence-electron chi connectivity index (χ0n) is 12.1. The smallest absolute Gasteiger partial charge is 0.251 e. The molecule has 0 saturated heterocycles. The van der Waals surface area contributed by atoms with Crippen molar-refractivity contribution >= 4 is 5.91 Å². The maximum Gasteiger partial charge on any atom is 0.251 e. The highest BCUT2D eigenvalue weighted by Gasteiger charge is 2.08. The molecule has 0 fully saturated rings. The van der Waals surface area contributed by atoms with Crippen molar-refractivity contribution in [3.8, 4) is 11.8 Å². The number of aliphatic hydroxyl groups is 1. The van der Waals surface area contributed by atoms with E-state index in [0.29, 0.717) is 12.1 Å². The molecule has 2 aromatic rings. The summed E-state index contributed by atoms with van der Waals surface area (Å²) in [7, 11) is 0. The molecule has 0 aliphatic rings. The fourth-order valence-electron chi connectivity index (χ4n) is 1.93. The Morgan fingerprint density at radius 1 is 1.29 bits per heavy atom. The van der Waals surface area contributed by atoms with Crippen molar-refractivity contribution in [2.45, 2.75) is 20.4 Å². The van der Waals surface area contributed by atoms with Crippen LogP contribution in [0.3, 0.4) is 0 Å². The minimum Gasteiger partial charge on any atom is -0.465 e. The van der Waals surface area contributed by atoms with E-state index >= 15 is 0 Å². The SMILES string of the molecule is Cc1ccc(CNC(=O)c2ccc(C#CCO)c(C)c2)o1. The molecule has 0 aliphatic carbocycles. The average molecular weight is 283 g/mol. The number of carbonyl (C=O) groups is 1. The van der Waals surface area contributed by atoms with Gasteiger partial charge in [0, 0.05) is 11.1 Å². The fourth-order valence-corrected chi connectivity index (χ4v) is 1.93. The number of hydrogen-bond acceptors (Lipinski definition) is 3. The third kappa shape index (κ3) is 3.98. The van der Waals surface area contributed by atoms with Gasteiger partial charge >= 0.3 is 0 Å². The number of benzene rings is 1. The van der Waals surface area contributed by atoms with Crippen LogP contribution in [0.5, 0.6) is 0 Å². The van der Waals surface area contributed by atoms with Crippen molar-refractivity contribution in [2.24, 2.45) is 0 Å². The van der Waals surface area contributed by atoms with Crippen molar-refractivity contribution in [3.05, 3.63) is 58.5 Å². The molecule has 4 nitrogen and oxygen atoms in total. The van der Waals surface area contributed by atoms with Gasteiger partial charge in [0.25, 0.3) is 5.91 Å². The van der Waals surface area contributed by atoms with E-state index in [2.05, 4.69) is 17.2 Å². The molecule has 0 saturated carbocycles. The zero-order valence-corrected chi connectivity index (χ0v) is 12.1. The molecule has 108 valence electrons. The van der Waals surface area contributed by atoms with E-state index in [9.17, 15) is 4.79 Å². The predicted octanol–water partition coefficient (Wildman–Crippen LogP) is 2.17. The molecule has 0 spiro atoms. The van der Waals surface area contributed by atoms with Gasteiger partial charge in [0.1, 0.15) is 18.1 Å². The molecule has 21 heavy (non-hydrogen) atoms. The summed E-state index contributed by atoms with van der Waals surface area (Å²) in [5.41, 5.74) is 2.28. The second kappa shape index (κ2) is 6.78. The molecule has 0 unspecified atom stereocenters. The van der Waals surface area contributed by atoms with Crippen LogP contribution in [-0.2, 0) is 6.54 Å². The number of furan rings is 1. The zero-order chi connectivity index (χ0) is 15.2. The topological polar surface area (TPSA) is 62.5 Å². The van der Waals surface area contributed by atoms with Crippen molar-refractivity contribution in [1.82, 2.24) is 5.32 Å². The van der Waals surface area contributed by atoms with Crippen LogP contribution in [0.1, 0.15) is 33.0 Å². The van der Waals surface area contributed by atoms with Crippen molar-refractivity contribution in [3.63, 3.8) is 0 Å². The van der Waals surface area contributed by atoms with E-state index in [1.54, 1.807) is 18.2 Å². The van der Waals surface area contributed by atoms with E-state index in [1.165, 1.54) is 0 Å². The number of aliphatic hydroxyl groups excluding tert-OH is 1. The summed E-state index contributed by atoms with van der Waals surface area (Å²) in [5.74, 6) is 6.83. The minimum atomic E-state index is -0.176. The largest absolute Gasteiger partial charge is 0.465 e. The first-order valence-corrected chi connectivity index (χ1v) is 6.64. The van der Waals surface area contributed by atoms with Crippen LogP contribution in [0.4, 0.5) is 0 Å². The molecule has 1 heterocycles. The molecular weight excluding hydrogens is 266 g/mol. The summed E-state index contributed by atoms with van der Waals surface area (Å²) in [6, 6.07) is 8.99. The Hall–Kier alpha value is -2.51. The van der Waals surface area contributed by atoms with Gasteiger partial charge in [-0.25, -0.2) is 0 Å². The molecule has 0 atom stereocenters. The molecule has 2 rings (SSSR count). The number of hydrogen-bond donors (Lipinski definition) is 2. The maximum atomic E-state index is 12.1. The highest BCUT2D eigenvalue weighted by Crippen LogP contribution is 2.11. The molecular formula is C17H17NO3. The first-order chi connectivity index (χ1) is 10.1. The number of carbonyl (C=O) groups excluding carboxylic acids is 1. The predicted molar refractivity (Wildman–Crippen MR) is 79.8 cm³/mol. The van der Waals surface area contributed by atoms with E-state index in [1.807, 2.05) is 26.0 Å². The molecule has 1 aromatic carbocycles. The Morgan fingerprint density at radius 3 is 2.71 bits per heavy atom. The van der Waals surface area contributed by atoms with Gasteiger partial charge in [0.15, 0.2) is 0 Å². The average Bonchev–Trinajstić information content (AvgIpc) is 2.89. The number of nitrogens with one attached hydrogen (secondary N) is 1. The lowest BCUT2D eigenvalue weighted by atomic mass is 10.0. The van der Waals surface area contributed by atoms with Crippen LogP contribution < -0.4 is 5.32 Å². The van der Waals surface area contributed by atoms with Crippen LogP contribution in [0, 0.1) is 25.7 Å². The summed E-state index contributed by atoms with van der Waals surface area (Å²) < 4.78 is 5.40. The summed E-state index contributed by atoms with van der Waals surface area (Å²) in [6.45, 7) is 3.93. The van der Waals surface area contributed by atoms with Crippen LogP contribution in [-0.4, -0.2) is 17.6 Å². The summed E-state index contributed by atoms with van der Waals surface area (Å²) in [5, 5.41) is 11.5. The van der Waals surface area contributed by atoms with Gasteiger partial charge in [-0.1, -0.05) is 11.8 Å². The molecule has 1 aromatic heterocycles. The Balaban J connectivity index is 2.04. The molecule has 0 radical (unpaired) electrons. The Bertz CT molecular complexity index is 704. The van der Waals surface area contributed by atoms with E-state index in [4.69, 9.17) is 9.52 Å². The van der Waals surface area contributed by atoms with Crippen LogP contribution >= 0.6 is 0 Å². The standard InChI is InChI=1S/C17H17NO3/c1-12-10-15(7-6-14(12)4-3-9-19)17(20)18-11-16-8-5-13(2)21-16/h5-8,10,19H,9,11H2,1-2H3,(H,18,20). The Labute approximate surface area is 123 Å². The normalized spacial score (nSPS) is 9.86. The first-order valence-electron chi connectivity index (χ1n) is 6.64. The first kappa shape index (κ1) is 14.9. The van der Waals surface area contributed by atoms with E-state index in [0.717, 1.165) is 22.6 Å². The van der Waals surface area contributed by atoms with Gasteiger partial charge in [-0.2, -0.15) is 0 Å². The molecule has 0 aliphatic heterocycles. The highest BCUT2D eigenvalue weighted by atomic mass is 16.3. The minimum absolute atomic E-state index is 0.158. The van der Waals surface area contributed by atoms with E-state index < -0.39 is 0 Å². The second-order valence-corrected chi connectivity index (χ2v) is 4.68. The third-order valence-electron chi connectivity index (χ3n) is 3.01. The lowest BCUT2D eigenvalue weighted by Crippen LogP contribution is -2.22. The summed E-state index contributed by atoms with van der Waals surface area (Å²) in [4.78, 5) is 12.1. The number of aryl methyl sites for hydroxylation is 2. The Kier molecular flexibility index (Phi) is 4.81. The van der Waals surface area contributed by atoms with E-state index in [-0.39, 0.29) is 12.5 Å². The quantitative estimate of drug-likeness (QED) is 0.849. The van der Waals surface area contributed by atoms with Gasteiger partial charge in [-0.15, -0.1) is 0 Å². The van der Waals surface area contributed by atoms with Crippen molar-refractivity contribution in [1.29, 1.82) is 0 Å². The van der Waals surface area contributed by atoms with Gasteiger partial charge in [0.05, 0.1) is 6.54 Å². The van der Waals surface area contributed by atoms with Gasteiger partial charge in [-0.05, 0) is 49.7 Å². The second-order valence-electron chi connectivity index (χ2n) is 4.68. The monoisotopic (exact) mass is 283 g/mol. The van der Waals surface area contributed by atoms with Crippen LogP contribution in [0.2, 0.25) is 0 Å². The summed E-state index contributed by atoms with van der Waals surface area (Å²) >= 11 is 0. The maximum absolute atomic E-state index is 12.1. The van der Waals surface area contributed by atoms with Crippen LogP contribution in [0.25, 0.3) is 0 Å². The van der Waals surface area contributed by atoms with Crippen molar-refractivity contribution < 1.29 is 14.3 Å². The Morgan fingerprint density at radius 2 is 2.10 bits per heavy atom. The molecule has 0 bridgehead atoms.